The van der Waals surface area contributed by atoms with Crippen molar-refractivity contribution in [1.29, 1.82) is 0 Å². The number of thiophene rings is 1. The second-order valence-electron chi connectivity index (χ2n) is 5.59. The fourth-order valence-electron chi connectivity index (χ4n) is 2.53. The minimum absolute atomic E-state index is 0.0221. The fourth-order valence-corrected chi connectivity index (χ4v) is 5.52. The second-order valence-corrected chi connectivity index (χ2v) is 9.33. The van der Waals surface area contributed by atoms with Gasteiger partial charge in [-0.2, -0.15) is 0 Å². The first-order chi connectivity index (χ1) is 12.5. The molecule has 0 saturated carbocycles. The van der Waals surface area contributed by atoms with E-state index in [1.807, 2.05) is 6.07 Å². The average molecular weight is 406 g/mol. The summed E-state index contributed by atoms with van der Waals surface area (Å²) in [5.41, 5.74) is 1.06. The topological polar surface area (TPSA) is 63.2 Å². The molecule has 1 atom stereocenters. The molecule has 26 heavy (non-hydrogen) atoms. The molecule has 1 aromatic heterocycles. The van der Waals surface area contributed by atoms with Crippen LogP contribution in [0.2, 0.25) is 5.02 Å². The van der Waals surface area contributed by atoms with E-state index in [1.165, 1.54) is 11.3 Å². The zero-order valence-electron chi connectivity index (χ0n) is 13.6. The molecule has 0 aliphatic rings. The lowest BCUT2D eigenvalue weighted by atomic mass is 10.1. The Morgan fingerprint density at radius 2 is 1.69 bits per heavy atom. The van der Waals surface area contributed by atoms with Gasteiger partial charge in [-0.25, -0.2) is 8.42 Å². The molecule has 3 rings (SSSR count). The lowest BCUT2D eigenvalue weighted by molar-refractivity contribution is 0.0953. The summed E-state index contributed by atoms with van der Waals surface area (Å²) in [5.74, 6) is -0.344. The Balaban J connectivity index is 1.85. The summed E-state index contributed by atoms with van der Waals surface area (Å²) >= 11 is 7.00. The number of halogens is 1. The van der Waals surface area contributed by atoms with E-state index >= 15 is 0 Å². The standard InChI is InChI=1S/C19H16ClNO3S2/c20-16-10-8-15(9-11-16)19(22)21-13-17(14-5-2-1-3-6-14)26(23,24)18-7-4-12-25-18/h1-12,17H,13H2,(H,21,22)/t17-/m0/s1. The Morgan fingerprint density at radius 3 is 2.31 bits per heavy atom. The van der Waals surface area contributed by atoms with Crippen molar-refractivity contribution in [2.24, 2.45) is 0 Å². The van der Waals surface area contributed by atoms with Crippen LogP contribution in [0, 0.1) is 0 Å². The maximum atomic E-state index is 13.0. The molecule has 0 radical (unpaired) electrons. The Morgan fingerprint density at radius 1 is 1.00 bits per heavy atom. The Hall–Kier alpha value is -2.15. The summed E-state index contributed by atoms with van der Waals surface area (Å²) in [4.78, 5) is 12.4. The molecular formula is C19H16ClNO3S2. The minimum Gasteiger partial charge on any atom is -0.350 e. The molecule has 0 fully saturated rings. The van der Waals surface area contributed by atoms with E-state index < -0.39 is 15.1 Å². The third-order valence-corrected chi connectivity index (χ3v) is 7.66. The van der Waals surface area contributed by atoms with Gasteiger partial charge in [-0.3, -0.25) is 4.79 Å². The number of benzene rings is 2. The highest BCUT2D eigenvalue weighted by Gasteiger charge is 2.30. The van der Waals surface area contributed by atoms with Crippen molar-refractivity contribution in [3.8, 4) is 0 Å². The number of rotatable bonds is 6. The van der Waals surface area contributed by atoms with Gasteiger partial charge in [-0.15, -0.1) is 11.3 Å². The second kappa shape index (κ2) is 8.03. The molecule has 4 nitrogen and oxygen atoms in total. The van der Waals surface area contributed by atoms with Crippen LogP contribution < -0.4 is 5.32 Å². The van der Waals surface area contributed by atoms with E-state index in [1.54, 1.807) is 66.0 Å². The lowest BCUT2D eigenvalue weighted by Gasteiger charge is -2.18. The van der Waals surface area contributed by atoms with E-state index in [0.29, 0.717) is 16.1 Å². The van der Waals surface area contributed by atoms with Gasteiger partial charge < -0.3 is 5.32 Å². The zero-order valence-corrected chi connectivity index (χ0v) is 16.0. The molecule has 3 aromatic rings. The van der Waals surface area contributed by atoms with Crippen molar-refractivity contribution in [2.75, 3.05) is 6.54 Å². The fraction of sp³-hybridized carbons (Fsp3) is 0.105. The van der Waals surface area contributed by atoms with Crippen LogP contribution in [0.4, 0.5) is 0 Å². The highest BCUT2D eigenvalue weighted by Crippen LogP contribution is 2.31. The number of carbonyl (C=O) groups is 1. The summed E-state index contributed by atoms with van der Waals surface area (Å²) in [6.45, 7) is -0.0221. The first-order valence-electron chi connectivity index (χ1n) is 7.84. The molecule has 0 bridgehead atoms. The van der Waals surface area contributed by atoms with Gasteiger partial charge in [0.25, 0.3) is 5.91 Å². The predicted molar refractivity (Wildman–Crippen MR) is 104 cm³/mol. The number of nitrogens with one attached hydrogen (secondary N) is 1. The monoisotopic (exact) mass is 405 g/mol. The molecular weight excluding hydrogens is 390 g/mol. The van der Waals surface area contributed by atoms with Crippen LogP contribution in [-0.2, 0) is 9.84 Å². The van der Waals surface area contributed by atoms with Crippen molar-refractivity contribution in [3.63, 3.8) is 0 Å². The first-order valence-corrected chi connectivity index (χ1v) is 10.6. The minimum atomic E-state index is -3.61. The highest BCUT2D eigenvalue weighted by molar-refractivity contribution is 7.93. The van der Waals surface area contributed by atoms with Gasteiger partial charge in [0.2, 0.25) is 0 Å². The Kier molecular flexibility index (Phi) is 5.76. The maximum Gasteiger partial charge on any atom is 0.251 e. The molecule has 134 valence electrons. The van der Waals surface area contributed by atoms with Gasteiger partial charge >= 0.3 is 0 Å². The van der Waals surface area contributed by atoms with Crippen molar-refractivity contribution in [1.82, 2.24) is 5.32 Å². The van der Waals surface area contributed by atoms with Gasteiger partial charge in [0.05, 0.1) is 0 Å². The van der Waals surface area contributed by atoms with Gasteiger partial charge in [-0.05, 0) is 41.3 Å². The van der Waals surface area contributed by atoms with Crippen LogP contribution in [0.15, 0.2) is 76.3 Å². The van der Waals surface area contributed by atoms with Crippen LogP contribution in [0.3, 0.4) is 0 Å². The Labute approximate surface area is 161 Å². The third kappa shape index (κ3) is 4.15. The van der Waals surface area contributed by atoms with Crippen molar-refractivity contribution in [3.05, 3.63) is 88.3 Å². The molecule has 0 spiro atoms. The van der Waals surface area contributed by atoms with E-state index in [4.69, 9.17) is 11.6 Å². The first kappa shape index (κ1) is 18.6. The van der Waals surface area contributed by atoms with Gasteiger partial charge in [0.1, 0.15) is 9.46 Å². The highest BCUT2D eigenvalue weighted by atomic mass is 35.5. The lowest BCUT2D eigenvalue weighted by Crippen LogP contribution is -2.31. The van der Waals surface area contributed by atoms with Crippen LogP contribution in [-0.4, -0.2) is 20.9 Å². The van der Waals surface area contributed by atoms with Crippen molar-refractivity contribution >= 4 is 38.7 Å². The summed E-state index contributed by atoms with van der Waals surface area (Å²) < 4.78 is 26.3. The number of amides is 1. The number of hydrogen-bond donors (Lipinski definition) is 1. The summed E-state index contributed by atoms with van der Waals surface area (Å²) in [6.07, 6.45) is 0. The van der Waals surface area contributed by atoms with E-state index in [9.17, 15) is 13.2 Å². The quantitative estimate of drug-likeness (QED) is 0.663. The van der Waals surface area contributed by atoms with Crippen molar-refractivity contribution in [2.45, 2.75) is 9.46 Å². The molecule has 1 heterocycles. The normalized spacial score (nSPS) is 12.5. The van der Waals surface area contributed by atoms with Crippen LogP contribution in [0.5, 0.6) is 0 Å². The Bertz CT molecular complexity index is 969. The number of sulfone groups is 1. The van der Waals surface area contributed by atoms with Crippen LogP contribution in [0.1, 0.15) is 21.2 Å². The molecule has 1 amide bonds. The molecule has 0 saturated heterocycles. The predicted octanol–water partition coefficient (Wildman–Crippen LogP) is 4.35. The molecule has 0 aliphatic carbocycles. The van der Waals surface area contributed by atoms with E-state index in [0.717, 1.165) is 0 Å². The number of carbonyl (C=O) groups excluding carboxylic acids is 1. The van der Waals surface area contributed by atoms with Crippen LogP contribution in [0.25, 0.3) is 0 Å². The van der Waals surface area contributed by atoms with Crippen LogP contribution >= 0.6 is 22.9 Å². The summed E-state index contributed by atoms with van der Waals surface area (Å²) in [5, 5.41) is 4.12. The smallest absolute Gasteiger partial charge is 0.251 e. The SMILES string of the molecule is O=C(NC[C@@H](c1ccccc1)S(=O)(=O)c1cccs1)c1ccc(Cl)cc1. The maximum absolute atomic E-state index is 13.0. The summed E-state index contributed by atoms with van der Waals surface area (Å²) in [6, 6.07) is 18.6. The summed E-state index contributed by atoms with van der Waals surface area (Å²) in [7, 11) is -3.61. The molecule has 7 heteroatoms. The third-order valence-electron chi connectivity index (χ3n) is 3.88. The van der Waals surface area contributed by atoms with Gasteiger partial charge in [0, 0.05) is 17.1 Å². The molecule has 0 unspecified atom stereocenters. The number of hydrogen-bond acceptors (Lipinski definition) is 4. The average Bonchev–Trinajstić information content (AvgIpc) is 3.18. The largest absolute Gasteiger partial charge is 0.350 e. The molecule has 0 aliphatic heterocycles. The van der Waals surface area contributed by atoms with E-state index in [2.05, 4.69) is 5.32 Å². The van der Waals surface area contributed by atoms with Crippen molar-refractivity contribution < 1.29 is 13.2 Å². The molecule has 2 aromatic carbocycles. The van der Waals surface area contributed by atoms with Gasteiger partial charge in [-0.1, -0.05) is 48.0 Å². The zero-order chi connectivity index (χ0) is 18.6. The van der Waals surface area contributed by atoms with Gasteiger partial charge in [0.15, 0.2) is 9.84 Å². The van der Waals surface area contributed by atoms with E-state index in [-0.39, 0.29) is 16.7 Å². The molecule has 1 N–H and O–H groups in total.